The number of aromatic nitrogens is 5. The Morgan fingerprint density at radius 3 is 3.06 bits per heavy atom. The van der Waals surface area contributed by atoms with E-state index in [-0.39, 0.29) is 5.82 Å². The molecule has 6 nitrogen and oxygen atoms in total. The van der Waals surface area contributed by atoms with E-state index >= 15 is 0 Å². The molecule has 0 fully saturated rings. The zero-order chi connectivity index (χ0) is 11.8. The molecule has 17 heavy (non-hydrogen) atoms. The summed E-state index contributed by atoms with van der Waals surface area (Å²) in [4.78, 5) is 17.7. The fourth-order valence-electron chi connectivity index (χ4n) is 1.59. The van der Waals surface area contributed by atoms with Gasteiger partial charge in [0.05, 0.1) is 17.1 Å². The molecule has 3 aromatic heterocycles. The van der Waals surface area contributed by atoms with Crippen molar-refractivity contribution < 1.29 is 9.37 Å². The number of halogens is 1. The summed E-state index contributed by atoms with van der Waals surface area (Å²) in [5.74, 6) is -0.438. The van der Waals surface area contributed by atoms with E-state index in [1.165, 1.54) is 0 Å². The summed E-state index contributed by atoms with van der Waals surface area (Å²) >= 11 is 0. The van der Waals surface area contributed by atoms with E-state index in [4.69, 9.17) is 5.73 Å². The molecule has 0 saturated carbocycles. The Bertz CT molecular complexity index is 692. The quantitative estimate of drug-likeness (QED) is 0.639. The fraction of sp³-hybridized carbons (Fsp3) is 0. The molecule has 0 bridgehead atoms. The second-order valence-corrected chi connectivity index (χ2v) is 3.46. The van der Waals surface area contributed by atoms with Gasteiger partial charge < -0.3 is 10.7 Å². The minimum Gasteiger partial charge on any atom is -0.381 e. The van der Waals surface area contributed by atoms with Crippen LogP contribution in [-0.2, 0) is 0 Å². The lowest BCUT2D eigenvalue weighted by Crippen LogP contribution is -2.01. The lowest BCUT2D eigenvalue weighted by Gasteiger charge is -1.98. The summed E-state index contributed by atoms with van der Waals surface area (Å²) in [6.07, 6.45) is 6.08. The predicted molar refractivity (Wildman–Crippen MR) is 58.0 cm³/mol. The third-order valence-corrected chi connectivity index (χ3v) is 2.41. The molecular weight excluding hydrogens is 223 g/mol. The summed E-state index contributed by atoms with van der Waals surface area (Å²) in [6, 6.07) is 0. The highest BCUT2D eigenvalue weighted by Crippen LogP contribution is 2.24. The Hall–Kier alpha value is -2.57. The van der Waals surface area contributed by atoms with E-state index in [9.17, 15) is 4.39 Å². The van der Waals surface area contributed by atoms with Crippen LogP contribution in [0.1, 0.15) is 0 Å². The first-order valence-corrected chi connectivity index (χ1v) is 4.87. The molecule has 0 aliphatic carbocycles. The van der Waals surface area contributed by atoms with Gasteiger partial charge in [0.15, 0.2) is 17.5 Å². The maximum atomic E-state index is 13.0. The third kappa shape index (κ3) is 1.48. The standard InChI is InChI=1S/C10H7FN6/c11-7-3-15-10(17-8(7)12)6-2-14-9-5(6)1-13-4-16-9/h1-4H,(H2,12,15,17)(H,13,14,16)/p+1. The van der Waals surface area contributed by atoms with E-state index in [1.54, 1.807) is 18.7 Å². The number of fused-ring (bicyclic) bond motifs is 1. The average Bonchev–Trinajstić information content (AvgIpc) is 2.76. The maximum Gasteiger partial charge on any atom is 0.286 e. The normalized spacial score (nSPS) is 10.9. The van der Waals surface area contributed by atoms with Gasteiger partial charge in [-0.1, -0.05) is 0 Å². The van der Waals surface area contributed by atoms with Crippen LogP contribution in [0.2, 0.25) is 0 Å². The molecule has 0 aliphatic rings. The van der Waals surface area contributed by atoms with Crippen LogP contribution < -0.4 is 10.7 Å². The number of hydrogen-bond acceptors (Lipinski definition) is 4. The van der Waals surface area contributed by atoms with Crippen molar-refractivity contribution in [3.63, 3.8) is 0 Å². The van der Waals surface area contributed by atoms with Crippen molar-refractivity contribution in [1.29, 1.82) is 0 Å². The molecule has 3 aromatic rings. The molecule has 4 N–H and O–H groups in total. The van der Waals surface area contributed by atoms with Crippen molar-refractivity contribution in [3.05, 3.63) is 30.7 Å². The smallest absolute Gasteiger partial charge is 0.286 e. The summed E-state index contributed by atoms with van der Waals surface area (Å²) < 4.78 is 13.0. The van der Waals surface area contributed by atoms with Crippen LogP contribution in [0.5, 0.6) is 0 Å². The summed E-state index contributed by atoms with van der Waals surface area (Å²) in [6.45, 7) is 0. The molecule has 84 valence electrons. The number of hydrogen-bond donors (Lipinski definition) is 2. The van der Waals surface area contributed by atoms with Gasteiger partial charge in [0.2, 0.25) is 0 Å². The minimum atomic E-state index is -0.627. The van der Waals surface area contributed by atoms with Crippen LogP contribution >= 0.6 is 0 Å². The molecule has 3 heterocycles. The van der Waals surface area contributed by atoms with Crippen LogP contribution in [0.25, 0.3) is 22.4 Å². The molecule has 0 unspecified atom stereocenters. The first-order valence-electron chi connectivity index (χ1n) is 4.87. The summed E-state index contributed by atoms with van der Waals surface area (Å²) in [5, 5.41) is 0.818. The molecule has 7 heteroatoms. The lowest BCUT2D eigenvalue weighted by atomic mass is 10.2. The van der Waals surface area contributed by atoms with Gasteiger partial charge >= 0.3 is 0 Å². The highest BCUT2D eigenvalue weighted by molar-refractivity contribution is 5.90. The number of H-pyrrole nitrogens is 2. The van der Waals surface area contributed by atoms with Crippen molar-refractivity contribution in [2.45, 2.75) is 0 Å². The summed E-state index contributed by atoms with van der Waals surface area (Å²) in [7, 11) is 0. The highest BCUT2D eigenvalue weighted by Gasteiger charge is 2.14. The Balaban J connectivity index is 2.24. The van der Waals surface area contributed by atoms with Gasteiger partial charge in [0.1, 0.15) is 6.20 Å². The topological polar surface area (TPSA) is 94.6 Å². The molecule has 0 aliphatic heterocycles. The molecule has 0 atom stereocenters. The Labute approximate surface area is 94.8 Å². The second kappa shape index (κ2) is 3.48. The Morgan fingerprint density at radius 1 is 1.35 bits per heavy atom. The number of anilines is 1. The van der Waals surface area contributed by atoms with E-state index < -0.39 is 5.82 Å². The van der Waals surface area contributed by atoms with Crippen LogP contribution in [0.4, 0.5) is 10.2 Å². The van der Waals surface area contributed by atoms with Crippen molar-refractivity contribution in [2.24, 2.45) is 0 Å². The van der Waals surface area contributed by atoms with Gasteiger partial charge in [0, 0.05) is 6.20 Å². The van der Waals surface area contributed by atoms with E-state index in [2.05, 4.69) is 24.9 Å². The zero-order valence-electron chi connectivity index (χ0n) is 8.61. The molecule has 0 aromatic carbocycles. The monoisotopic (exact) mass is 231 g/mol. The van der Waals surface area contributed by atoms with Crippen molar-refractivity contribution in [2.75, 3.05) is 5.73 Å². The zero-order valence-corrected chi connectivity index (χ0v) is 8.61. The number of aromatic amines is 2. The molecule has 0 amide bonds. The van der Waals surface area contributed by atoms with Gasteiger partial charge in [-0.2, -0.15) is 0 Å². The van der Waals surface area contributed by atoms with Gasteiger partial charge in [-0.3, -0.25) is 0 Å². The molecule has 3 rings (SSSR count). The lowest BCUT2D eigenvalue weighted by molar-refractivity contribution is -0.380. The predicted octanol–water partition coefficient (Wildman–Crippen LogP) is 0.555. The van der Waals surface area contributed by atoms with Crippen LogP contribution in [0.15, 0.2) is 24.9 Å². The number of nitrogen functional groups attached to an aromatic ring is 1. The maximum absolute atomic E-state index is 13.0. The van der Waals surface area contributed by atoms with Crippen molar-refractivity contribution in [1.82, 2.24) is 19.9 Å². The van der Waals surface area contributed by atoms with Crippen molar-refractivity contribution >= 4 is 16.9 Å². The number of nitrogens with zero attached hydrogens (tertiary/aromatic N) is 3. The molecule has 0 radical (unpaired) electrons. The SMILES string of the molecule is Nc1nc(-c2c[nH]c3nc[nH+]cc23)ncc1F. The first kappa shape index (κ1) is 9.64. The van der Waals surface area contributed by atoms with Gasteiger partial charge in [0.25, 0.3) is 12.0 Å². The molecule has 0 spiro atoms. The second-order valence-electron chi connectivity index (χ2n) is 3.46. The number of rotatable bonds is 1. The Kier molecular flexibility index (Phi) is 1.97. The molecular formula is C10H8FN6+. The number of nitrogens with one attached hydrogen (secondary N) is 2. The summed E-state index contributed by atoms with van der Waals surface area (Å²) in [5.41, 5.74) is 6.83. The highest BCUT2D eigenvalue weighted by atomic mass is 19.1. The van der Waals surface area contributed by atoms with E-state index in [0.29, 0.717) is 11.5 Å². The Morgan fingerprint density at radius 2 is 2.24 bits per heavy atom. The fourth-order valence-corrected chi connectivity index (χ4v) is 1.59. The average molecular weight is 231 g/mol. The minimum absolute atomic E-state index is 0.169. The van der Waals surface area contributed by atoms with Gasteiger partial charge in [-0.15, -0.1) is 0 Å². The molecule has 0 saturated heterocycles. The van der Waals surface area contributed by atoms with E-state index in [1.807, 2.05) is 0 Å². The van der Waals surface area contributed by atoms with Crippen LogP contribution in [0, 0.1) is 5.82 Å². The van der Waals surface area contributed by atoms with Crippen LogP contribution in [-0.4, -0.2) is 19.9 Å². The van der Waals surface area contributed by atoms with Gasteiger partial charge in [-0.25, -0.2) is 19.3 Å². The van der Waals surface area contributed by atoms with Crippen molar-refractivity contribution in [3.8, 4) is 11.4 Å². The third-order valence-electron chi connectivity index (χ3n) is 2.41. The first-order chi connectivity index (χ1) is 8.25. The van der Waals surface area contributed by atoms with Crippen LogP contribution in [0.3, 0.4) is 0 Å². The largest absolute Gasteiger partial charge is 0.381 e. The number of nitrogens with two attached hydrogens (primary N) is 1. The van der Waals surface area contributed by atoms with E-state index in [0.717, 1.165) is 17.1 Å². The van der Waals surface area contributed by atoms with Gasteiger partial charge in [-0.05, 0) is 4.98 Å².